The molecule has 1 aliphatic rings. The second kappa shape index (κ2) is 10.2. The van der Waals surface area contributed by atoms with E-state index in [0.717, 1.165) is 12.2 Å². The van der Waals surface area contributed by atoms with E-state index in [1.54, 1.807) is 36.4 Å². The van der Waals surface area contributed by atoms with Crippen molar-refractivity contribution in [1.82, 2.24) is 4.90 Å². The maximum Gasteiger partial charge on any atom is 0.242 e. The van der Waals surface area contributed by atoms with Crippen LogP contribution in [-0.4, -0.2) is 40.3 Å². The summed E-state index contributed by atoms with van der Waals surface area (Å²) in [5.41, 5.74) is 1.07. The average Bonchev–Trinajstić information content (AvgIpc) is 3.01. The molecule has 1 aliphatic heterocycles. The summed E-state index contributed by atoms with van der Waals surface area (Å²) in [6.45, 7) is 4.94. The molecule has 6 nitrogen and oxygen atoms in total. The highest BCUT2D eigenvalue weighted by Crippen LogP contribution is 2.32. The quantitative estimate of drug-likeness (QED) is 0.666. The summed E-state index contributed by atoms with van der Waals surface area (Å²) < 4.78 is 18.9. The predicted octanol–water partition coefficient (Wildman–Crippen LogP) is 4.59. The SMILES string of the molecule is CCCOc1ccc(NC(=O)C[C@H]2SC(=Nc3cccc(F)c3)N(CC)C2=O)cc1. The molecule has 1 N–H and O–H groups in total. The summed E-state index contributed by atoms with van der Waals surface area (Å²) in [6, 6.07) is 13.0. The topological polar surface area (TPSA) is 71.0 Å². The van der Waals surface area contributed by atoms with Crippen LogP contribution in [0.15, 0.2) is 53.5 Å². The van der Waals surface area contributed by atoms with Crippen LogP contribution in [0.1, 0.15) is 26.7 Å². The van der Waals surface area contributed by atoms with Crippen molar-refractivity contribution in [3.63, 3.8) is 0 Å². The van der Waals surface area contributed by atoms with E-state index < -0.39 is 11.1 Å². The molecule has 0 aromatic heterocycles. The average molecular weight is 430 g/mol. The van der Waals surface area contributed by atoms with Crippen molar-refractivity contribution in [3.8, 4) is 5.75 Å². The van der Waals surface area contributed by atoms with Crippen LogP contribution in [0.25, 0.3) is 0 Å². The third-order valence-corrected chi connectivity index (χ3v) is 5.53. The molecular formula is C22H24FN3O3S. The Balaban J connectivity index is 1.63. The zero-order chi connectivity index (χ0) is 21.5. The molecular weight excluding hydrogens is 405 g/mol. The van der Waals surface area contributed by atoms with Crippen molar-refractivity contribution in [2.75, 3.05) is 18.5 Å². The standard InChI is InChI=1S/C22H24FN3O3S/c1-3-12-29-18-10-8-16(9-11-18)24-20(27)14-19-21(28)26(4-2)22(30-19)25-17-7-5-6-15(23)13-17/h5-11,13,19H,3-4,12,14H2,1-2H3,(H,24,27)/t19-/m1/s1. The van der Waals surface area contributed by atoms with Gasteiger partial charge in [-0.1, -0.05) is 24.8 Å². The highest BCUT2D eigenvalue weighted by atomic mass is 32.2. The summed E-state index contributed by atoms with van der Waals surface area (Å²) >= 11 is 1.23. The minimum atomic E-state index is -0.565. The molecule has 0 bridgehead atoms. The van der Waals surface area contributed by atoms with Gasteiger partial charge in [-0.25, -0.2) is 9.38 Å². The summed E-state index contributed by atoms with van der Waals surface area (Å²) in [5, 5.41) is 2.72. The Morgan fingerprint density at radius 1 is 1.23 bits per heavy atom. The monoisotopic (exact) mass is 429 g/mol. The summed E-state index contributed by atoms with van der Waals surface area (Å²) in [7, 11) is 0. The second-order valence-corrected chi connectivity index (χ2v) is 7.86. The van der Waals surface area contributed by atoms with E-state index >= 15 is 0 Å². The van der Waals surface area contributed by atoms with E-state index in [1.165, 1.54) is 28.8 Å². The molecule has 0 saturated carbocycles. The van der Waals surface area contributed by atoms with E-state index in [2.05, 4.69) is 10.3 Å². The normalized spacial score (nSPS) is 17.4. The van der Waals surface area contributed by atoms with E-state index in [-0.39, 0.29) is 18.2 Å². The first-order valence-electron chi connectivity index (χ1n) is 9.85. The number of amides is 2. The second-order valence-electron chi connectivity index (χ2n) is 6.69. The first-order valence-corrected chi connectivity index (χ1v) is 10.7. The molecule has 0 radical (unpaired) electrons. The highest BCUT2D eigenvalue weighted by Gasteiger charge is 2.38. The highest BCUT2D eigenvalue weighted by molar-refractivity contribution is 8.15. The number of hydrogen-bond acceptors (Lipinski definition) is 5. The molecule has 158 valence electrons. The van der Waals surface area contributed by atoms with Crippen LogP contribution < -0.4 is 10.1 Å². The number of carbonyl (C=O) groups is 2. The Bertz CT molecular complexity index is 933. The fraction of sp³-hybridized carbons (Fsp3) is 0.318. The van der Waals surface area contributed by atoms with Crippen molar-refractivity contribution >= 4 is 40.1 Å². The van der Waals surface area contributed by atoms with Crippen LogP contribution in [-0.2, 0) is 9.59 Å². The third kappa shape index (κ3) is 5.60. The van der Waals surface area contributed by atoms with Gasteiger partial charge in [-0.2, -0.15) is 0 Å². The van der Waals surface area contributed by atoms with Gasteiger partial charge in [-0.15, -0.1) is 0 Å². The van der Waals surface area contributed by atoms with Gasteiger partial charge < -0.3 is 10.1 Å². The molecule has 30 heavy (non-hydrogen) atoms. The third-order valence-electron chi connectivity index (χ3n) is 4.35. The number of nitrogens with zero attached hydrogens (tertiary/aromatic N) is 2. The number of ether oxygens (including phenoxy) is 1. The molecule has 1 fully saturated rings. The largest absolute Gasteiger partial charge is 0.494 e. The molecule has 8 heteroatoms. The molecule has 0 spiro atoms. The summed E-state index contributed by atoms with van der Waals surface area (Å²) in [4.78, 5) is 31.1. The van der Waals surface area contributed by atoms with Crippen LogP contribution in [0.4, 0.5) is 15.8 Å². The van der Waals surface area contributed by atoms with E-state index in [9.17, 15) is 14.0 Å². The minimum Gasteiger partial charge on any atom is -0.494 e. The lowest BCUT2D eigenvalue weighted by Gasteiger charge is -2.13. The lowest BCUT2D eigenvalue weighted by Crippen LogP contribution is -2.33. The Morgan fingerprint density at radius 3 is 2.67 bits per heavy atom. The van der Waals surface area contributed by atoms with E-state index in [4.69, 9.17) is 4.74 Å². The smallest absolute Gasteiger partial charge is 0.242 e. The first-order chi connectivity index (χ1) is 14.5. The number of nitrogens with one attached hydrogen (secondary N) is 1. The van der Waals surface area contributed by atoms with Gasteiger partial charge in [0, 0.05) is 18.7 Å². The van der Waals surface area contributed by atoms with Crippen molar-refractivity contribution in [2.45, 2.75) is 31.9 Å². The van der Waals surface area contributed by atoms with Crippen molar-refractivity contribution in [3.05, 3.63) is 54.3 Å². The number of amidine groups is 1. The number of benzene rings is 2. The number of anilines is 1. The fourth-order valence-electron chi connectivity index (χ4n) is 2.91. The molecule has 2 aromatic carbocycles. The van der Waals surface area contributed by atoms with Gasteiger partial charge in [0.1, 0.15) is 16.8 Å². The molecule has 3 rings (SSSR count). The molecule has 1 saturated heterocycles. The van der Waals surface area contributed by atoms with Gasteiger partial charge in [0.15, 0.2) is 5.17 Å². The van der Waals surface area contributed by atoms with Crippen LogP contribution >= 0.6 is 11.8 Å². The van der Waals surface area contributed by atoms with Crippen LogP contribution in [0, 0.1) is 5.82 Å². The summed E-state index contributed by atoms with van der Waals surface area (Å²) in [5.74, 6) is -0.0771. The van der Waals surface area contributed by atoms with Gasteiger partial charge in [0.05, 0.1) is 12.3 Å². The number of carbonyl (C=O) groups excluding carboxylic acids is 2. The molecule has 0 aliphatic carbocycles. The Kier molecular flexibility index (Phi) is 7.46. The van der Waals surface area contributed by atoms with Crippen molar-refractivity contribution in [2.24, 2.45) is 4.99 Å². The van der Waals surface area contributed by atoms with Gasteiger partial charge in [0.25, 0.3) is 0 Å². The number of hydrogen-bond donors (Lipinski definition) is 1. The summed E-state index contributed by atoms with van der Waals surface area (Å²) in [6.07, 6.45) is 0.946. The molecule has 1 atom stereocenters. The van der Waals surface area contributed by atoms with Crippen molar-refractivity contribution in [1.29, 1.82) is 0 Å². The van der Waals surface area contributed by atoms with Crippen molar-refractivity contribution < 1.29 is 18.7 Å². The Morgan fingerprint density at radius 2 is 2.00 bits per heavy atom. The lowest BCUT2D eigenvalue weighted by molar-refractivity contribution is -0.128. The van der Waals surface area contributed by atoms with Crippen LogP contribution in [0.3, 0.4) is 0 Å². The van der Waals surface area contributed by atoms with Gasteiger partial charge in [0.2, 0.25) is 11.8 Å². The maximum atomic E-state index is 13.4. The Labute approximate surface area is 179 Å². The Hall–Kier alpha value is -2.87. The number of halogens is 1. The number of thioether (sulfide) groups is 1. The maximum absolute atomic E-state index is 13.4. The molecule has 2 amide bonds. The van der Waals surface area contributed by atoms with E-state index in [1.807, 2.05) is 13.8 Å². The molecule has 1 heterocycles. The fourth-order valence-corrected chi connectivity index (χ4v) is 4.13. The zero-order valence-electron chi connectivity index (χ0n) is 16.9. The van der Waals surface area contributed by atoms with Crippen LogP contribution in [0.2, 0.25) is 0 Å². The predicted molar refractivity (Wildman–Crippen MR) is 118 cm³/mol. The first kappa shape index (κ1) is 21.8. The molecule has 2 aromatic rings. The van der Waals surface area contributed by atoms with E-state index in [0.29, 0.717) is 29.7 Å². The van der Waals surface area contributed by atoms with Gasteiger partial charge in [-0.3, -0.25) is 14.5 Å². The zero-order valence-corrected chi connectivity index (χ0v) is 17.7. The molecule has 0 unspecified atom stereocenters. The van der Waals surface area contributed by atoms with Crippen LogP contribution in [0.5, 0.6) is 5.75 Å². The number of aliphatic imine (C=N–C) groups is 1. The van der Waals surface area contributed by atoms with Gasteiger partial charge in [-0.05, 0) is 55.8 Å². The minimum absolute atomic E-state index is 0.0241. The number of rotatable bonds is 8. The van der Waals surface area contributed by atoms with Gasteiger partial charge >= 0.3 is 0 Å². The lowest BCUT2D eigenvalue weighted by atomic mass is 10.2.